The van der Waals surface area contributed by atoms with Crippen LogP contribution < -0.4 is 15.5 Å². The number of rotatable bonds is 6. The van der Waals surface area contributed by atoms with Crippen molar-refractivity contribution in [1.29, 1.82) is 0 Å². The Morgan fingerprint density at radius 2 is 2.03 bits per heavy atom. The van der Waals surface area contributed by atoms with Crippen molar-refractivity contribution < 1.29 is 27.9 Å². The zero-order valence-corrected chi connectivity index (χ0v) is 17.7. The molecule has 160 valence electrons. The SMILES string of the molecule is CNC(C)C#CCOc1ccc(S(=O)(=O)N2CC(C)OC(C)C2C(=O)NO)cc1. The summed E-state index contributed by atoms with van der Waals surface area (Å²) in [6.07, 6.45) is -1.12. The molecule has 1 fully saturated rings. The number of sulfonamides is 1. The second kappa shape index (κ2) is 10.0. The van der Waals surface area contributed by atoms with Gasteiger partial charge >= 0.3 is 0 Å². The minimum absolute atomic E-state index is 0.0109. The van der Waals surface area contributed by atoms with Crippen LogP contribution in [-0.2, 0) is 19.6 Å². The van der Waals surface area contributed by atoms with Crippen LogP contribution in [0.1, 0.15) is 20.8 Å². The van der Waals surface area contributed by atoms with E-state index in [1.54, 1.807) is 13.8 Å². The summed E-state index contributed by atoms with van der Waals surface area (Å²) in [4.78, 5) is 12.1. The molecule has 1 aromatic rings. The molecule has 2 rings (SSSR count). The van der Waals surface area contributed by atoms with E-state index in [2.05, 4.69) is 17.2 Å². The third-order valence-corrected chi connectivity index (χ3v) is 6.37. The summed E-state index contributed by atoms with van der Waals surface area (Å²) >= 11 is 0. The van der Waals surface area contributed by atoms with Gasteiger partial charge in [-0.1, -0.05) is 11.8 Å². The Balaban J connectivity index is 2.18. The molecule has 1 saturated heterocycles. The molecule has 0 spiro atoms. The van der Waals surface area contributed by atoms with Crippen LogP contribution in [0.4, 0.5) is 0 Å². The van der Waals surface area contributed by atoms with Gasteiger partial charge in [-0.05, 0) is 52.1 Å². The molecule has 10 heteroatoms. The van der Waals surface area contributed by atoms with Crippen LogP contribution in [0.2, 0.25) is 0 Å². The van der Waals surface area contributed by atoms with Gasteiger partial charge in [-0.25, -0.2) is 13.9 Å². The summed E-state index contributed by atoms with van der Waals surface area (Å²) in [7, 11) is -2.19. The summed E-state index contributed by atoms with van der Waals surface area (Å²) in [6, 6.07) is 4.75. The smallest absolute Gasteiger partial charge is 0.264 e. The van der Waals surface area contributed by atoms with Gasteiger partial charge < -0.3 is 14.8 Å². The van der Waals surface area contributed by atoms with Gasteiger partial charge in [0.2, 0.25) is 10.0 Å². The zero-order chi connectivity index (χ0) is 21.6. The van der Waals surface area contributed by atoms with Crippen molar-refractivity contribution in [3.05, 3.63) is 24.3 Å². The molecule has 29 heavy (non-hydrogen) atoms. The normalized spacial score (nSPS) is 23.6. The maximum Gasteiger partial charge on any atom is 0.264 e. The number of morpholine rings is 1. The molecule has 1 amide bonds. The monoisotopic (exact) mass is 425 g/mol. The molecule has 0 aromatic heterocycles. The number of hydrogen-bond donors (Lipinski definition) is 3. The van der Waals surface area contributed by atoms with E-state index < -0.39 is 34.2 Å². The van der Waals surface area contributed by atoms with Gasteiger partial charge in [0.25, 0.3) is 5.91 Å². The quantitative estimate of drug-likeness (QED) is 0.342. The molecule has 4 atom stereocenters. The number of hydroxylamine groups is 1. The highest BCUT2D eigenvalue weighted by Gasteiger charge is 2.44. The van der Waals surface area contributed by atoms with Gasteiger partial charge in [-0.3, -0.25) is 10.0 Å². The molecule has 9 nitrogen and oxygen atoms in total. The topological polar surface area (TPSA) is 117 Å². The number of carbonyl (C=O) groups excluding carboxylic acids is 1. The van der Waals surface area contributed by atoms with Crippen molar-refractivity contribution in [2.75, 3.05) is 20.2 Å². The fourth-order valence-electron chi connectivity index (χ4n) is 2.97. The predicted molar refractivity (Wildman–Crippen MR) is 106 cm³/mol. The average Bonchev–Trinajstić information content (AvgIpc) is 2.70. The van der Waals surface area contributed by atoms with Crippen LogP contribution in [0.15, 0.2) is 29.2 Å². The molecular weight excluding hydrogens is 398 g/mol. The third kappa shape index (κ3) is 5.68. The van der Waals surface area contributed by atoms with Crippen LogP contribution >= 0.6 is 0 Å². The first-order valence-corrected chi connectivity index (χ1v) is 10.6. The first kappa shape index (κ1) is 23.1. The number of carbonyl (C=O) groups is 1. The molecule has 1 aliphatic heterocycles. The highest BCUT2D eigenvalue weighted by molar-refractivity contribution is 7.89. The van der Waals surface area contributed by atoms with E-state index in [9.17, 15) is 13.2 Å². The number of hydrogen-bond acceptors (Lipinski definition) is 7. The van der Waals surface area contributed by atoms with Crippen LogP contribution in [-0.4, -0.2) is 68.3 Å². The number of nitrogens with zero attached hydrogens (tertiary/aromatic N) is 1. The molecule has 0 bridgehead atoms. The van der Waals surface area contributed by atoms with Gasteiger partial charge in [-0.15, -0.1) is 0 Å². The molecule has 0 saturated carbocycles. The minimum Gasteiger partial charge on any atom is -0.481 e. The largest absolute Gasteiger partial charge is 0.481 e. The lowest BCUT2D eigenvalue weighted by atomic mass is 10.1. The van der Waals surface area contributed by atoms with Crippen molar-refractivity contribution in [3.63, 3.8) is 0 Å². The second-order valence-corrected chi connectivity index (χ2v) is 8.63. The van der Waals surface area contributed by atoms with E-state index in [0.717, 1.165) is 4.31 Å². The Bertz CT molecular complexity index is 862. The number of amides is 1. The number of nitrogens with one attached hydrogen (secondary N) is 2. The maximum absolute atomic E-state index is 13.1. The molecule has 0 radical (unpaired) electrons. The van der Waals surface area contributed by atoms with Crippen molar-refractivity contribution in [2.24, 2.45) is 0 Å². The Labute approximate surface area is 171 Å². The lowest BCUT2D eigenvalue weighted by Gasteiger charge is -2.40. The molecule has 3 N–H and O–H groups in total. The second-order valence-electron chi connectivity index (χ2n) is 6.74. The first-order valence-electron chi connectivity index (χ1n) is 9.20. The zero-order valence-electron chi connectivity index (χ0n) is 16.9. The summed E-state index contributed by atoms with van der Waals surface area (Å²) < 4.78 is 38.4. The van der Waals surface area contributed by atoms with Crippen molar-refractivity contribution >= 4 is 15.9 Å². The van der Waals surface area contributed by atoms with Gasteiger partial charge in [-0.2, -0.15) is 4.31 Å². The Morgan fingerprint density at radius 3 is 2.62 bits per heavy atom. The molecule has 1 aromatic carbocycles. The maximum atomic E-state index is 13.1. The first-order chi connectivity index (χ1) is 13.7. The van der Waals surface area contributed by atoms with E-state index in [-0.39, 0.29) is 24.1 Å². The Hall–Kier alpha value is -2.16. The van der Waals surface area contributed by atoms with Crippen LogP contribution in [0.3, 0.4) is 0 Å². The fourth-order valence-corrected chi connectivity index (χ4v) is 4.70. The number of benzene rings is 1. The molecule has 1 heterocycles. The standard InChI is InChI=1S/C19H27N3O6S/c1-13(20-4)6-5-11-27-16-7-9-17(10-8-16)29(25,26)22-12-14(2)28-15(3)18(22)19(23)21-24/h7-10,13-15,18,20,24H,11-12H2,1-4H3,(H,21,23). The predicted octanol–water partition coefficient (Wildman–Crippen LogP) is 0.349. The van der Waals surface area contributed by atoms with Crippen molar-refractivity contribution in [3.8, 4) is 17.6 Å². The molecular formula is C19H27N3O6S. The number of ether oxygens (including phenoxy) is 2. The van der Waals surface area contributed by atoms with Gasteiger partial charge in [0.1, 0.15) is 18.4 Å². The summed E-state index contributed by atoms with van der Waals surface area (Å²) in [5.41, 5.74) is 1.52. The highest BCUT2D eigenvalue weighted by Crippen LogP contribution is 2.27. The molecule has 4 unspecified atom stereocenters. The highest BCUT2D eigenvalue weighted by atomic mass is 32.2. The van der Waals surface area contributed by atoms with Gasteiger partial charge in [0.15, 0.2) is 0 Å². The van der Waals surface area contributed by atoms with Crippen molar-refractivity contribution in [2.45, 2.75) is 50.0 Å². The van der Waals surface area contributed by atoms with Gasteiger partial charge in [0.05, 0.1) is 23.1 Å². The van der Waals surface area contributed by atoms with E-state index in [1.165, 1.54) is 29.7 Å². The van der Waals surface area contributed by atoms with Crippen molar-refractivity contribution in [1.82, 2.24) is 15.1 Å². The average molecular weight is 426 g/mol. The van der Waals surface area contributed by atoms with E-state index >= 15 is 0 Å². The van der Waals surface area contributed by atoms with Crippen LogP contribution in [0.5, 0.6) is 5.75 Å². The summed E-state index contributed by atoms with van der Waals surface area (Å²) in [5, 5.41) is 12.0. The Kier molecular flexibility index (Phi) is 8.01. The Morgan fingerprint density at radius 1 is 1.38 bits per heavy atom. The van der Waals surface area contributed by atoms with E-state index in [4.69, 9.17) is 14.7 Å². The van der Waals surface area contributed by atoms with E-state index in [0.29, 0.717) is 5.75 Å². The minimum atomic E-state index is -4.00. The molecule has 1 aliphatic rings. The summed E-state index contributed by atoms with van der Waals surface area (Å²) in [6.45, 7) is 5.39. The molecule has 0 aliphatic carbocycles. The lowest BCUT2D eigenvalue weighted by Crippen LogP contribution is -2.60. The third-order valence-electron chi connectivity index (χ3n) is 4.51. The van der Waals surface area contributed by atoms with Gasteiger partial charge in [0, 0.05) is 6.54 Å². The fraction of sp³-hybridized carbons (Fsp3) is 0.526. The van der Waals surface area contributed by atoms with Crippen LogP contribution in [0.25, 0.3) is 0 Å². The summed E-state index contributed by atoms with van der Waals surface area (Å²) in [5.74, 6) is 5.45. The lowest BCUT2D eigenvalue weighted by molar-refractivity contribution is -0.146. The van der Waals surface area contributed by atoms with E-state index in [1.807, 2.05) is 14.0 Å². The van der Waals surface area contributed by atoms with Crippen LogP contribution in [0, 0.1) is 11.8 Å².